The molecule has 30 heavy (non-hydrogen) atoms. The molecule has 0 aromatic heterocycles. The van der Waals surface area contributed by atoms with E-state index in [1.54, 1.807) is 48.5 Å². The Hall–Kier alpha value is -3.93. The molecular formula is C24H22N2O4. The second-order valence-electron chi connectivity index (χ2n) is 6.69. The summed E-state index contributed by atoms with van der Waals surface area (Å²) in [6, 6.07) is 24.1. The summed E-state index contributed by atoms with van der Waals surface area (Å²) in [4.78, 5) is 36.2. The number of anilines is 1. The minimum atomic E-state index is -0.537. The molecule has 0 aliphatic rings. The van der Waals surface area contributed by atoms with Gasteiger partial charge < -0.3 is 15.4 Å². The smallest absolute Gasteiger partial charge is 0.313 e. The van der Waals surface area contributed by atoms with Gasteiger partial charge in [0, 0.05) is 18.2 Å². The van der Waals surface area contributed by atoms with E-state index in [9.17, 15) is 14.4 Å². The van der Waals surface area contributed by atoms with E-state index >= 15 is 0 Å². The monoisotopic (exact) mass is 402 g/mol. The SMILES string of the molecule is CC(=O)Nc1ccc(OC(=O)CC(NC(=O)c2ccccc2)c2ccccc2)cc1. The van der Waals surface area contributed by atoms with Crippen molar-refractivity contribution in [2.24, 2.45) is 0 Å². The van der Waals surface area contributed by atoms with Crippen LogP contribution in [0.25, 0.3) is 0 Å². The molecular weight excluding hydrogens is 380 g/mol. The van der Waals surface area contributed by atoms with Crippen molar-refractivity contribution in [1.29, 1.82) is 0 Å². The summed E-state index contributed by atoms with van der Waals surface area (Å²) >= 11 is 0. The van der Waals surface area contributed by atoms with E-state index < -0.39 is 12.0 Å². The number of nitrogens with one attached hydrogen (secondary N) is 2. The topological polar surface area (TPSA) is 84.5 Å². The van der Waals surface area contributed by atoms with Crippen LogP contribution in [0, 0.1) is 0 Å². The molecule has 0 saturated heterocycles. The lowest BCUT2D eigenvalue weighted by atomic mass is 10.0. The Bertz CT molecular complexity index is 1000. The highest BCUT2D eigenvalue weighted by Crippen LogP contribution is 2.21. The lowest BCUT2D eigenvalue weighted by molar-refractivity contribution is -0.135. The summed E-state index contributed by atoms with van der Waals surface area (Å²) < 4.78 is 5.41. The van der Waals surface area contributed by atoms with E-state index in [1.165, 1.54) is 6.92 Å². The first kappa shape index (κ1) is 20.8. The average molecular weight is 402 g/mol. The maximum Gasteiger partial charge on any atom is 0.313 e. The van der Waals surface area contributed by atoms with Crippen molar-refractivity contribution in [3.8, 4) is 5.75 Å². The van der Waals surface area contributed by atoms with Gasteiger partial charge in [0.2, 0.25) is 5.91 Å². The molecule has 1 unspecified atom stereocenters. The molecule has 2 N–H and O–H groups in total. The van der Waals surface area contributed by atoms with Crippen molar-refractivity contribution in [2.45, 2.75) is 19.4 Å². The van der Waals surface area contributed by atoms with Gasteiger partial charge >= 0.3 is 5.97 Å². The minimum absolute atomic E-state index is 0.0317. The number of esters is 1. The van der Waals surface area contributed by atoms with Crippen LogP contribution in [-0.4, -0.2) is 17.8 Å². The van der Waals surface area contributed by atoms with Gasteiger partial charge in [-0.2, -0.15) is 0 Å². The quantitative estimate of drug-likeness (QED) is 0.460. The van der Waals surface area contributed by atoms with Crippen molar-refractivity contribution < 1.29 is 19.1 Å². The van der Waals surface area contributed by atoms with Crippen LogP contribution in [-0.2, 0) is 9.59 Å². The normalized spacial score (nSPS) is 11.2. The van der Waals surface area contributed by atoms with Crippen LogP contribution in [0.1, 0.15) is 35.3 Å². The van der Waals surface area contributed by atoms with Crippen LogP contribution >= 0.6 is 0 Å². The molecule has 0 aliphatic carbocycles. The van der Waals surface area contributed by atoms with Gasteiger partial charge in [0.15, 0.2) is 0 Å². The summed E-state index contributed by atoms with van der Waals surface area (Å²) in [7, 11) is 0. The van der Waals surface area contributed by atoms with E-state index in [0.29, 0.717) is 17.0 Å². The predicted octanol–water partition coefficient (Wildman–Crippen LogP) is 4.11. The Morgan fingerprint density at radius 2 is 1.43 bits per heavy atom. The summed E-state index contributed by atoms with van der Waals surface area (Å²) in [6.07, 6.45) is -0.0317. The van der Waals surface area contributed by atoms with Crippen molar-refractivity contribution >= 4 is 23.5 Å². The molecule has 0 fully saturated rings. The van der Waals surface area contributed by atoms with E-state index in [0.717, 1.165) is 5.56 Å². The molecule has 6 heteroatoms. The molecule has 0 saturated carbocycles. The first-order valence-electron chi connectivity index (χ1n) is 9.50. The third kappa shape index (κ3) is 6.04. The van der Waals surface area contributed by atoms with Gasteiger partial charge in [-0.3, -0.25) is 14.4 Å². The molecule has 3 aromatic carbocycles. The average Bonchev–Trinajstić information content (AvgIpc) is 2.75. The van der Waals surface area contributed by atoms with Crippen molar-refractivity contribution in [3.63, 3.8) is 0 Å². The third-order valence-corrected chi connectivity index (χ3v) is 4.32. The molecule has 3 rings (SSSR count). The van der Waals surface area contributed by atoms with Crippen LogP contribution in [0.15, 0.2) is 84.9 Å². The van der Waals surface area contributed by atoms with Crippen molar-refractivity contribution in [3.05, 3.63) is 96.1 Å². The van der Waals surface area contributed by atoms with E-state index in [4.69, 9.17) is 4.74 Å². The fourth-order valence-electron chi connectivity index (χ4n) is 2.92. The first-order chi connectivity index (χ1) is 14.5. The fourth-order valence-corrected chi connectivity index (χ4v) is 2.92. The standard InChI is InChI=1S/C24H22N2O4/c1-17(27)25-20-12-14-21(15-13-20)30-23(28)16-22(18-8-4-2-5-9-18)26-24(29)19-10-6-3-7-11-19/h2-15,22H,16H2,1H3,(H,25,27)(H,26,29). The number of hydrogen-bond donors (Lipinski definition) is 2. The number of ether oxygens (including phenoxy) is 1. The molecule has 0 aliphatic heterocycles. The highest BCUT2D eigenvalue weighted by atomic mass is 16.5. The fraction of sp³-hybridized carbons (Fsp3) is 0.125. The van der Waals surface area contributed by atoms with Gasteiger partial charge in [0.25, 0.3) is 5.91 Å². The van der Waals surface area contributed by atoms with Gasteiger partial charge in [-0.25, -0.2) is 0 Å². The number of benzene rings is 3. The minimum Gasteiger partial charge on any atom is -0.426 e. The van der Waals surface area contributed by atoms with Crippen LogP contribution in [0.2, 0.25) is 0 Å². The van der Waals surface area contributed by atoms with Gasteiger partial charge in [-0.15, -0.1) is 0 Å². The number of carbonyl (C=O) groups excluding carboxylic acids is 3. The third-order valence-electron chi connectivity index (χ3n) is 4.32. The number of rotatable bonds is 7. The maximum atomic E-state index is 12.6. The molecule has 2 amide bonds. The zero-order chi connectivity index (χ0) is 21.3. The molecule has 0 bridgehead atoms. The van der Waals surface area contributed by atoms with E-state index in [-0.39, 0.29) is 18.2 Å². The van der Waals surface area contributed by atoms with Crippen LogP contribution in [0.5, 0.6) is 5.75 Å². The molecule has 0 heterocycles. The van der Waals surface area contributed by atoms with E-state index in [1.807, 2.05) is 36.4 Å². The molecule has 152 valence electrons. The first-order valence-corrected chi connectivity index (χ1v) is 9.50. The second kappa shape index (κ2) is 10.0. The Kier molecular flexibility index (Phi) is 6.95. The maximum absolute atomic E-state index is 12.6. The van der Waals surface area contributed by atoms with Crippen LogP contribution < -0.4 is 15.4 Å². The zero-order valence-corrected chi connectivity index (χ0v) is 16.5. The second-order valence-corrected chi connectivity index (χ2v) is 6.69. The lowest BCUT2D eigenvalue weighted by Crippen LogP contribution is -2.31. The van der Waals surface area contributed by atoms with Gasteiger partial charge in [0.1, 0.15) is 5.75 Å². The number of carbonyl (C=O) groups is 3. The number of hydrogen-bond acceptors (Lipinski definition) is 4. The van der Waals surface area contributed by atoms with Crippen molar-refractivity contribution in [1.82, 2.24) is 5.32 Å². The largest absolute Gasteiger partial charge is 0.426 e. The summed E-state index contributed by atoms with van der Waals surface area (Å²) in [6.45, 7) is 1.42. The predicted molar refractivity (Wildman–Crippen MR) is 114 cm³/mol. The summed E-state index contributed by atoms with van der Waals surface area (Å²) in [5, 5.41) is 5.56. The Morgan fingerprint density at radius 1 is 0.833 bits per heavy atom. The molecule has 0 radical (unpaired) electrons. The molecule has 3 aromatic rings. The molecule has 0 spiro atoms. The highest BCUT2D eigenvalue weighted by Gasteiger charge is 2.20. The molecule has 6 nitrogen and oxygen atoms in total. The highest BCUT2D eigenvalue weighted by molar-refractivity contribution is 5.94. The lowest BCUT2D eigenvalue weighted by Gasteiger charge is -2.19. The van der Waals surface area contributed by atoms with E-state index in [2.05, 4.69) is 10.6 Å². The summed E-state index contributed by atoms with van der Waals surface area (Å²) in [5.41, 5.74) is 1.93. The van der Waals surface area contributed by atoms with Crippen LogP contribution in [0.3, 0.4) is 0 Å². The molecule has 1 atom stereocenters. The zero-order valence-electron chi connectivity index (χ0n) is 16.5. The Balaban J connectivity index is 1.69. The van der Waals surface area contributed by atoms with Gasteiger partial charge in [-0.1, -0.05) is 48.5 Å². The van der Waals surface area contributed by atoms with Gasteiger partial charge in [0.05, 0.1) is 12.5 Å². The summed E-state index contributed by atoms with van der Waals surface area (Å²) in [5.74, 6) is -0.573. The van der Waals surface area contributed by atoms with Gasteiger partial charge in [-0.05, 0) is 42.0 Å². The Morgan fingerprint density at radius 3 is 2.03 bits per heavy atom. The number of amides is 2. The van der Waals surface area contributed by atoms with Crippen LogP contribution in [0.4, 0.5) is 5.69 Å². The Labute approximate surface area is 174 Å². The van der Waals surface area contributed by atoms with Crippen molar-refractivity contribution in [2.75, 3.05) is 5.32 Å².